The summed E-state index contributed by atoms with van der Waals surface area (Å²) in [6, 6.07) is 14.4. The minimum atomic E-state index is -3.60. The van der Waals surface area contributed by atoms with E-state index in [4.69, 9.17) is 0 Å². The molecule has 3 rings (SSSR count). The third-order valence-electron chi connectivity index (χ3n) is 4.04. The molecule has 2 aromatic rings. The molecule has 3 atom stereocenters. The Balaban J connectivity index is 1.98. The third-order valence-corrected chi connectivity index (χ3v) is 6.28. The fraction of sp³-hybridized carbons (Fsp3) is 0.235. The lowest BCUT2D eigenvalue weighted by molar-refractivity contribution is 0.593. The molecule has 0 bridgehead atoms. The van der Waals surface area contributed by atoms with Gasteiger partial charge in [0.1, 0.15) is 5.82 Å². The number of halogens is 1. The predicted octanol–water partition coefficient (Wildman–Crippen LogP) is 3.21. The van der Waals surface area contributed by atoms with E-state index in [2.05, 4.69) is 0 Å². The number of sulfone groups is 1. The van der Waals surface area contributed by atoms with Crippen molar-refractivity contribution in [1.29, 1.82) is 5.26 Å². The molecule has 0 amide bonds. The van der Waals surface area contributed by atoms with E-state index in [0.717, 1.165) is 5.56 Å². The zero-order chi connectivity index (χ0) is 15.9. The van der Waals surface area contributed by atoms with Gasteiger partial charge in [0.25, 0.3) is 0 Å². The van der Waals surface area contributed by atoms with Crippen molar-refractivity contribution < 1.29 is 12.8 Å². The van der Waals surface area contributed by atoms with Crippen LogP contribution in [0.2, 0.25) is 0 Å². The third kappa shape index (κ3) is 2.40. The second kappa shape index (κ2) is 5.22. The van der Waals surface area contributed by atoms with Gasteiger partial charge in [0.05, 0.1) is 22.1 Å². The molecule has 0 aliphatic heterocycles. The van der Waals surface area contributed by atoms with E-state index in [1.165, 1.54) is 18.2 Å². The Hall–Kier alpha value is -2.19. The maximum atomic E-state index is 13.3. The topological polar surface area (TPSA) is 57.9 Å². The summed E-state index contributed by atoms with van der Waals surface area (Å²) in [6.07, 6.45) is 0. The Bertz CT molecular complexity index is 853. The van der Waals surface area contributed by atoms with Crippen LogP contribution in [0.15, 0.2) is 53.4 Å². The average Bonchev–Trinajstić information content (AvgIpc) is 3.23. The SMILES string of the molecule is Cc1ccc(S(=O)(=O)[C@@H]2[C@@H](C#N)[C@@H]2c2cccc(F)c2)cc1. The van der Waals surface area contributed by atoms with E-state index in [9.17, 15) is 18.1 Å². The minimum Gasteiger partial charge on any atom is -0.223 e. The van der Waals surface area contributed by atoms with Gasteiger partial charge in [-0.2, -0.15) is 5.26 Å². The molecule has 22 heavy (non-hydrogen) atoms. The molecule has 1 aliphatic carbocycles. The van der Waals surface area contributed by atoms with Crippen LogP contribution in [0.4, 0.5) is 4.39 Å². The van der Waals surface area contributed by atoms with Crippen molar-refractivity contribution in [2.45, 2.75) is 23.0 Å². The number of benzene rings is 2. The average molecular weight is 315 g/mol. The van der Waals surface area contributed by atoms with Gasteiger partial charge in [-0.05, 0) is 36.8 Å². The highest BCUT2D eigenvalue weighted by molar-refractivity contribution is 7.92. The molecule has 0 N–H and O–H groups in total. The Labute approximate surface area is 128 Å². The maximum absolute atomic E-state index is 13.3. The Morgan fingerprint density at radius 3 is 2.41 bits per heavy atom. The zero-order valence-corrected chi connectivity index (χ0v) is 12.7. The van der Waals surface area contributed by atoms with Crippen LogP contribution in [-0.4, -0.2) is 13.7 Å². The van der Waals surface area contributed by atoms with E-state index in [1.54, 1.807) is 30.3 Å². The van der Waals surface area contributed by atoms with Gasteiger partial charge in [-0.15, -0.1) is 0 Å². The van der Waals surface area contributed by atoms with Gasteiger partial charge in [-0.1, -0.05) is 29.8 Å². The largest absolute Gasteiger partial charge is 0.223 e. The highest BCUT2D eigenvalue weighted by Crippen LogP contribution is 2.53. The van der Waals surface area contributed by atoms with Crippen LogP contribution in [0.25, 0.3) is 0 Å². The van der Waals surface area contributed by atoms with E-state index < -0.39 is 32.7 Å². The van der Waals surface area contributed by atoms with Gasteiger partial charge in [0.2, 0.25) is 0 Å². The normalized spacial score (nSPS) is 23.8. The van der Waals surface area contributed by atoms with Crippen LogP contribution in [0, 0.1) is 30.0 Å². The van der Waals surface area contributed by atoms with E-state index in [0.29, 0.717) is 5.56 Å². The predicted molar refractivity (Wildman–Crippen MR) is 80.4 cm³/mol. The molecular formula is C17H14FNO2S. The molecule has 2 aromatic carbocycles. The fourth-order valence-corrected chi connectivity index (χ4v) is 4.89. The zero-order valence-electron chi connectivity index (χ0n) is 11.9. The second-order valence-corrected chi connectivity index (χ2v) is 7.66. The summed E-state index contributed by atoms with van der Waals surface area (Å²) in [5, 5.41) is 8.42. The van der Waals surface area contributed by atoms with Gasteiger partial charge < -0.3 is 0 Å². The summed E-state index contributed by atoms with van der Waals surface area (Å²) in [6.45, 7) is 1.88. The molecule has 1 saturated carbocycles. The molecular weight excluding hydrogens is 301 g/mol. The van der Waals surface area contributed by atoms with Gasteiger partial charge in [-0.3, -0.25) is 0 Å². The van der Waals surface area contributed by atoms with Crippen molar-refractivity contribution in [2.24, 2.45) is 5.92 Å². The fourth-order valence-electron chi connectivity index (χ4n) is 2.82. The van der Waals surface area contributed by atoms with E-state index >= 15 is 0 Å². The number of nitriles is 1. The summed E-state index contributed by atoms with van der Waals surface area (Å²) in [4.78, 5) is 0.210. The summed E-state index contributed by atoms with van der Waals surface area (Å²) >= 11 is 0. The first-order chi connectivity index (χ1) is 10.4. The molecule has 3 nitrogen and oxygen atoms in total. The lowest BCUT2D eigenvalue weighted by atomic mass is 10.1. The second-order valence-electron chi connectivity index (χ2n) is 5.56. The molecule has 1 fully saturated rings. The van der Waals surface area contributed by atoms with Gasteiger partial charge >= 0.3 is 0 Å². The Morgan fingerprint density at radius 2 is 1.82 bits per heavy atom. The number of aryl methyl sites for hydroxylation is 1. The highest BCUT2D eigenvalue weighted by Gasteiger charge is 2.59. The standard InChI is InChI=1S/C17H14FNO2S/c1-11-5-7-14(8-6-11)22(20,21)17-15(10-19)16(17)12-3-2-4-13(18)9-12/h2-9,15-17H,1H3/t15-,16-,17+/m0/s1. The smallest absolute Gasteiger partial charge is 0.183 e. The van der Waals surface area contributed by atoms with Crippen LogP contribution in [0.1, 0.15) is 17.0 Å². The van der Waals surface area contributed by atoms with E-state index in [-0.39, 0.29) is 4.90 Å². The Morgan fingerprint density at radius 1 is 1.14 bits per heavy atom. The monoisotopic (exact) mass is 315 g/mol. The molecule has 1 aliphatic rings. The molecule has 5 heteroatoms. The van der Waals surface area contributed by atoms with Crippen molar-refractivity contribution in [2.75, 3.05) is 0 Å². The maximum Gasteiger partial charge on any atom is 0.183 e. The van der Waals surface area contributed by atoms with Crippen molar-refractivity contribution in [3.05, 3.63) is 65.5 Å². The van der Waals surface area contributed by atoms with Crippen LogP contribution >= 0.6 is 0 Å². The lowest BCUT2D eigenvalue weighted by Gasteiger charge is -2.04. The number of hydrogen-bond donors (Lipinski definition) is 0. The van der Waals surface area contributed by atoms with Crippen molar-refractivity contribution in [3.63, 3.8) is 0 Å². The molecule has 0 aromatic heterocycles. The minimum absolute atomic E-state index is 0.210. The van der Waals surface area contributed by atoms with E-state index in [1.807, 2.05) is 13.0 Å². The van der Waals surface area contributed by atoms with Crippen LogP contribution in [-0.2, 0) is 9.84 Å². The first kappa shape index (κ1) is 14.7. The molecule has 0 spiro atoms. The first-order valence-electron chi connectivity index (χ1n) is 6.91. The molecule has 0 saturated heterocycles. The quantitative estimate of drug-likeness (QED) is 0.874. The lowest BCUT2D eigenvalue weighted by Crippen LogP contribution is -2.10. The summed E-state index contributed by atoms with van der Waals surface area (Å²) in [5.74, 6) is -1.52. The van der Waals surface area contributed by atoms with Gasteiger partial charge in [0, 0.05) is 5.92 Å². The Kier molecular flexibility index (Phi) is 3.50. The molecule has 112 valence electrons. The molecule has 0 unspecified atom stereocenters. The van der Waals surface area contributed by atoms with Crippen molar-refractivity contribution >= 4 is 9.84 Å². The molecule has 0 heterocycles. The van der Waals surface area contributed by atoms with Crippen LogP contribution in [0.5, 0.6) is 0 Å². The summed E-state index contributed by atoms with van der Waals surface area (Å²) in [5.41, 5.74) is 1.53. The van der Waals surface area contributed by atoms with Crippen LogP contribution < -0.4 is 0 Å². The highest BCUT2D eigenvalue weighted by atomic mass is 32.2. The summed E-state index contributed by atoms with van der Waals surface area (Å²) in [7, 11) is -3.60. The summed E-state index contributed by atoms with van der Waals surface area (Å²) < 4.78 is 38.7. The van der Waals surface area contributed by atoms with Gasteiger partial charge in [-0.25, -0.2) is 12.8 Å². The number of nitrogens with zero attached hydrogens (tertiary/aromatic N) is 1. The molecule has 0 radical (unpaired) electrons. The van der Waals surface area contributed by atoms with Crippen molar-refractivity contribution in [3.8, 4) is 6.07 Å². The first-order valence-corrected chi connectivity index (χ1v) is 8.45. The number of rotatable bonds is 3. The number of hydrogen-bond acceptors (Lipinski definition) is 3. The van der Waals surface area contributed by atoms with Crippen LogP contribution in [0.3, 0.4) is 0 Å². The van der Waals surface area contributed by atoms with Crippen molar-refractivity contribution in [1.82, 2.24) is 0 Å². The van der Waals surface area contributed by atoms with Gasteiger partial charge in [0.15, 0.2) is 9.84 Å².